The van der Waals surface area contributed by atoms with Gasteiger partial charge in [-0.15, -0.1) is 0 Å². The molecule has 0 bridgehead atoms. The first-order valence-corrected chi connectivity index (χ1v) is 5.79. The highest BCUT2D eigenvalue weighted by Gasteiger charge is 2.13. The number of halogens is 1. The maximum atomic E-state index is 11.6. The monoisotopic (exact) mass is 333 g/mol. The smallest absolute Gasteiger partial charge is 0.251 e. The van der Waals surface area contributed by atoms with E-state index >= 15 is 0 Å². The number of Topliss-reactive ketones (excluding diaryl/α,β-unsaturated/α-hetero) is 1. The summed E-state index contributed by atoms with van der Waals surface area (Å²) in [7, 11) is 0. The van der Waals surface area contributed by atoms with Crippen LogP contribution in [0.1, 0.15) is 24.2 Å². The topological polar surface area (TPSA) is 66.4 Å². The van der Waals surface area contributed by atoms with Gasteiger partial charge in [-0.2, -0.15) is 0 Å². The number of rotatable bonds is 3. The van der Waals surface area contributed by atoms with Gasteiger partial charge in [-0.25, -0.2) is 0 Å². The summed E-state index contributed by atoms with van der Waals surface area (Å²) in [6.07, 6.45) is 0. The number of carbonyl (C=O) groups excluding carboxylic acids is 2. The van der Waals surface area contributed by atoms with E-state index in [9.17, 15) is 14.7 Å². The second-order valence-corrected chi connectivity index (χ2v) is 4.63. The van der Waals surface area contributed by atoms with Crippen LogP contribution >= 0.6 is 22.6 Å². The molecule has 1 aromatic rings. The fourth-order valence-electron chi connectivity index (χ4n) is 1.04. The molecule has 5 heteroatoms. The van der Waals surface area contributed by atoms with E-state index < -0.39 is 6.04 Å². The number of phenolic OH excluding ortho intramolecular Hbond substituents is 1. The van der Waals surface area contributed by atoms with Gasteiger partial charge in [-0.3, -0.25) is 9.59 Å². The Kier molecular flexibility index (Phi) is 4.28. The molecule has 4 nitrogen and oxygen atoms in total. The van der Waals surface area contributed by atoms with Crippen LogP contribution in [-0.2, 0) is 4.79 Å². The van der Waals surface area contributed by atoms with Crippen molar-refractivity contribution < 1.29 is 14.7 Å². The van der Waals surface area contributed by atoms with Crippen molar-refractivity contribution in [3.8, 4) is 5.75 Å². The van der Waals surface area contributed by atoms with Crippen molar-refractivity contribution >= 4 is 34.3 Å². The minimum atomic E-state index is -0.520. The van der Waals surface area contributed by atoms with E-state index in [2.05, 4.69) is 5.32 Å². The number of hydrogen-bond acceptors (Lipinski definition) is 3. The highest BCUT2D eigenvalue weighted by molar-refractivity contribution is 14.1. The average molecular weight is 333 g/mol. The van der Waals surface area contributed by atoms with Crippen molar-refractivity contribution in [1.29, 1.82) is 0 Å². The minimum Gasteiger partial charge on any atom is -0.507 e. The van der Waals surface area contributed by atoms with E-state index in [-0.39, 0.29) is 17.4 Å². The third-order valence-electron chi connectivity index (χ3n) is 2.17. The minimum absolute atomic E-state index is 0.0590. The van der Waals surface area contributed by atoms with Crippen LogP contribution in [0, 0.1) is 3.57 Å². The molecule has 1 aromatic carbocycles. The number of aromatic hydroxyl groups is 1. The summed E-state index contributed by atoms with van der Waals surface area (Å²) < 4.78 is 0.675. The molecule has 16 heavy (non-hydrogen) atoms. The van der Waals surface area contributed by atoms with E-state index in [0.717, 1.165) is 0 Å². The van der Waals surface area contributed by atoms with Crippen molar-refractivity contribution in [3.63, 3.8) is 0 Å². The second-order valence-electron chi connectivity index (χ2n) is 3.47. The maximum absolute atomic E-state index is 11.6. The van der Waals surface area contributed by atoms with Crippen LogP contribution in [0.15, 0.2) is 18.2 Å². The summed E-state index contributed by atoms with van der Waals surface area (Å²) in [5.74, 6) is -0.416. The third-order valence-corrected chi connectivity index (χ3v) is 3.08. The zero-order chi connectivity index (χ0) is 12.3. The van der Waals surface area contributed by atoms with Gasteiger partial charge in [0.1, 0.15) is 5.75 Å². The Hall–Kier alpha value is -1.11. The van der Waals surface area contributed by atoms with E-state index in [4.69, 9.17) is 0 Å². The summed E-state index contributed by atoms with van der Waals surface area (Å²) in [4.78, 5) is 22.6. The number of benzene rings is 1. The average Bonchev–Trinajstić information content (AvgIpc) is 2.21. The first-order chi connectivity index (χ1) is 7.41. The van der Waals surface area contributed by atoms with Gasteiger partial charge < -0.3 is 10.4 Å². The molecule has 1 unspecified atom stereocenters. The Labute approximate surface area is 107 Å². The molecule has 1 atom stereocenters. The number of hydrogen-bond donors (Lipinski definition) is 2. The Morgan fingerprint density at radius 1 is 1.44 bits per heavy atom. The molecule has 0 spiro atoms. The van der Waals surface area contributed by atoms with Crippen molar-refractivity contribution in [1.82, 2.24) is 5.32 Å². The van der Waals surface area contributed by atoms with E-state index in [0.29, 0.717) is 9.13 Å². The zero-order valence-electron chi connectivity index (χ0n) is 8.95. The number of ketones is 1. The Morgan fingerprint density at radius 2 is 2.06 bits per heavy atom. The number of phenols is 1. The van der Waals surface area contributed by atoms with Crippen LogP contribution < -0.4 is 5.32 Å². The number of carbonyl (C=O) groups is 2. The van der Waals surface area contributed by atoms with Crippen molar-refractivity contribution in [2.75, 3.05) is 0 Å². The van der Waals surface area contributed by atoms with Gasteiger partial charge in [0, 0.05) is 5.56 Å². The zero-order valence-corrected chi connectivity index (χ0v) is 11.1. The molecule has 2 N–H and O–H groups in total. The predicted octanol–water partition coefficient (Wildman–Crippen LogP) is 1.70. The van der Waals surface area contributed by atoms with Crippen molar-refractivity contribution in [2.24, 2.45) is 0 Å². The molecule has 1 amide bonds. The molecular formula is C11H12INO3. The van der Waals surface area contributed by atoms with Crippen LogP contribution in [0.2, 0.25) is 0 Å². The quantitative estimate of drug-likeness (QED) is 0.828. The van der Waals surface area contributed by atoms with Gasteiger partial charge in [0.05, 0.1) is 9.61 Å². The maximum Gasteiger partial charge on any atom is 0.251 e. The van der Waals surface area contributed by atoms with Crippen LogP contribution in [0.3, 0.4) is 0 Å². The normalized spacial score (nSPS) is 11.9. The molecule has 0 fully saturated rings. The van der Waals surface area contributed by atoms with Crippen LogP contribution in [0.5, 0.6) is 5.75 Å². The highest BCUT2D eigenvalue weighted by atomic mass is 127. The lowest BCUT2D eigenvalue weighted by molar-refractivity contribution is -0.118. The van der Waals surface area contributed by atoms with E-state index in [1.807, 2.05) is 22.6 Å². The lowest BCUT2D eigenvalue weighted by Gasteiger charge is -2.10. The molecule has 86 valence electrons. The van der Waals surface area contributed by atoms with Crippen molar-refractivity contribution in [3.05, 3.63) is 27.3 Å². The number of nitrogens with one attached hydrogen (secondary N) is 1. The molecule has 0 saturated carbocycles. The second kappa shape index (κ2) is 5.29. The van der Waals surface area contributed by atoms with Crippen LogP contribution in [0.4, 0.5) is 0 Å². The summed E-state index contributed by atoms with van der Waals surface area (Å²) >= 11 is 1.96. The summed E-state index contributed by atoms with van der Waals surface area (Å²) in [6, 6.07) is 4.10. The molecule has 0 aliphatic carbocycles. The lowest BCUT2D eigenvalue weighted by atomic mass is 10.1. The standard InChI is InChI=1S/C11H12INO3/c1-6(7(2)14)13-11(16)8-3-4-9(12)10(15)5-8/h3-6,15H,1-2H3,(H,13,16). The molecule has 1 rings (SSSR count). The molecule has 0 aliphatic rings. The summed E-state index contributed by atoms with van der Waals surface area (Å²) in [5.41, 5.74) is 0.339. The summed E-state index contributed by atoms with van der Waals surface area (Å²) in [5, 5.41) is 12.0. The van der Waals surface area contributed by atoms with E-state index in [1.54, 1.807) is 19.1 Å². The fraction of sp³-hybridized carbons (Fsp3) is 0.273. The fourth-order valence-corrected chi connectivity index (χ4v) is 1.37. The van der Waals surface area contributed by atoms with Gasteiger partial charge in [-0.1, -0.05) is 0 Å². The highest BCUT2D eigenvalue weighted by Crippen LogP contribution is 2.20. The number of amides is 1. The van der Waals surface area contributed by atoms with Gasteiger partial charge in [0.25, 0.3) is 5.91 Å². The Balaban J connectivity index is 2.81. The van der Waals surface area contributed by atoms with Gasteiger partial charge >= 0.3 is 0 Å². The van der Waals surface area contributed by atoms with E-state index in [1.165, 1.54) is 13.0 Å². The van der Waals surface area contributed by atoms with Gasteiger partial charge in [0.2, 0.25) is 0 Å². The van der Waals surface area contributed by atoms with Crippen LogP contribution in [0.25, 0.3) is 0 Å². The van der Waals surface area contributed by atoms with Crippen LogP contribution in [-0.4, -0.2) is 22.8 Å². The molecule has 0 saturated heterocycles. The predicted molar refractivity (Wildman–Crippen MR) is 68.4 cm³/mol. The first-order valence-electron chi connectivity index (χ1n) is 4.71. The first kappa shape index (κ1) is 13.0. The summed E-state index contributed by atoms with van der Waals surface area (Å²) in [6.45, 7) is 3.03. The molecule has 0 aromatic heterocycles. The largest absolute Gasteiger partial charge is 0.507 e. The molecular weight excluding hydrogens is 321 g/mol. The molecule has 0 heterocycles. The Bertz CT molecular complexity index is 431. The van der Waals surface area contributed by atoms with Crippen molar-refractivity contribution in [2.45, 2.75) is 19.9 Å². The Morgan fingerprint density at radius 3 is 2.56 bits per heavy atom. The third kappa shape index (κ3) is 3.19. The van der Waals surface area contributed by atoms with Gasteiger partial charge in [0.15, 0.2) is 5.78 Å². The van der Waals surface area contributed by atoms with Gasteiger partial charge in [-0.05, 0) is 54.6 Å². The molecule has 0 radical (unpaired) electrons. The lowest BCUT2D eigenvalue weighted by Crippen LogP contribution is -2.37. The SMILES string of the molecule is CC(=O)C(C)NC(=O)c1ccc(I)c(O)c1. The molecule has 0 aliphatic heterocycles.